The van der Waals surface area contributed by atoms with Gasteiger partial charge in [-0.3, -0.25) is 0 Å². The van der Waals surface area contributed by atoms with Gasteiger partial charge in [-0.2, -0.15) is 0 Å². The summed E-state index contributed by atoms with van der Waals surface area (Å²) in [4.78, 5) is 0. The molecule has 0 spiro atoms. The van der Waals surface area contributed by atoms with Gasteiger partial charge in [0.1, 0.15) is 11.5 Å². The van der Waals surface area contributed by atoms with Crippen LogP contribution in [0.1, 0.15) is 41.0 Å². The van der Waals surface area contributed by atoms with Gasteiger partial charge in [-0.15, -0.1) is 0 Å². The van der Waals surface area contributed by atoms with Crippen LogP contribution in [0.15, 0.2) is 72.8 Å². The summed E-state index contributed by atoms with van der Waals surface area (Å²) in [5, 5.41) is 0. The largest absolute Gasteiger partial charge is 0.497 e. The van der Waals surface area contributed by atoms with Gasteiger partial charge >= 0.3 is 0 Å². The molecule has 4 rings (SSSR count). The van der Waals surface area contributed by atoms with Gasteiger partial charge < -0.3 is 19.7 Å². The van der Waals surface area contributed by atoms with Gasteiger partial charge in [-0.1, -0.05) is 54.1 Å². The van der Waals surface area contributed by atoms with E-state index < -0.39 is 0 Å². The predicted octanol–water partition coefficient (Wildman–Crippen LogP) is 5.52. The molecule has 186 valence electrons. The molecule has 4 heteroatoms. The van der Waals surface area contributed by atoms with Crippen molar-refractivity contribution in [2.45, 2.75) is 44.6 Å². The van der Waals surface area contributed by atoms with Crippen molar-refractivity contribution in [2.24, 2.45) is 5.73 Å². The van der Waals surface area contributed by atoms with Crippen molar-refractivity contribution in [3.63, 3.8) is 0 Å². The van der Waals surface area contributed by atoms with Crippen molar-refractivity contribution in [1.82, 2.24) is 0 Å². The minimum absolute atomic E-state index is 0.208. The van der Waals surface area contributed by atoms with E-state index in [9.17, 15) is 0 Å². The second kappa shape index (κ2) is 11.7. The lowest BCUT2D eigenvalue weighted by atomic mass is 9.94. The highest BCUT2D eigenvalue weighted by molar-refractivity contribution is 5.28. The Bertz CT molecular complexity index is 991. The van der Waals surface area contributed by atoms with Crippen molar-refractivity contribution < 1.29 is 14.0 Å². The van der Waals surface area contributed by atoms with Crippen LogP contribution in [0.25, 0.3) is 0 Å². The maximum atomic E-state index is 6.81. The lowest BCUT2D eigenvalue weighted by Crippen LogP contribution is -2.49. The summed E-state index contributed by atoms with van der Waals surface area (Å²) in [5.41, 5.74) is 12.3. The number of benzene rings is 3. The fourth-order valence-corrected chi connectivity index (χ4v) is 5.67. The SMILES string of the molecule is COc1ccc(CCC[N+]2(CCCc3ccc(OC)cc3)CC(N)[C@H](c3ccc(C)cc3)C2)cc1. The van der Waals surface area contributed by atoms with E-state index in [4.69, 9.17) is 15.2 Å². The highest BCUT2D eigenvalue weighted by atomic mass is 16.5. The van der Waals surface area contributed by atoms with E-state index in [0.717, 1.165) is 41.9 Å². The lowest BCUT2D eigenvalue weighted by Gasteiger charge is -2.35. The van der Waals surface area contributed by atoms with E-state index in [0.29, 0.717) is 5.92 Å². The van der Waals surface area contributed by atoms with Gasteiger partial charge in [-0.25, -0.2) is 0 Å². The molecule has 1 aliphatic rings. The molecule has 0 radical (unpaired) electrons. The number of methoxy groups -OCH3 is 2. The molecule has 4 nitrogen and oxygen atoms in total. The molecule has 1 heterocycles. The Kier molecular flexibility index (Phi) is 8.48. The van der Waals surface area contributed by atoms with Crippen LogP contribution in [0.5, 0.6) is 11.5 Å². The fraction of sp³-hybridized carbons (Fsp3) is 0.419. The third-order valence-electron chi connectivity index (χ3n) is 7.72. The number of hydrogen-bond acceptors (Lipinski definition) is 3. The summed E-state index contributed by atoms with van der Waals surface area (Å²) in [7, 11) is 3.44. The second-order valence-electron chi connectivity index (χ2n) is 10.2. The highest BCUT2D eigenvalue weighted by Crippen LogP contribution is 2.33. The number of nitrogens with zero attached hydrogens (tertiary/aromatic N) is 1. The van der Waals surface area contributed by atoms with Crippen molar-refractivity contribution in [1.29, 1.82) is 0 Å². The number of quaternary nitrogens is 1. The first-order valence-electron chi connectivity index (χ1n) is 12.9. The normalized spacial score (nSPS) is 19.0. The van der Waals surface area contributed by atoms with E-state index >= 15 is 0 Å². The molecular weight excluding hydrogens is 432 g/mol. The van der Waals surface area contributed by atoms with Gasteiger partial charge in [0.2, 0.25) is 0 Å². The fourth-order valence-electron chi connectivity index (χ4n) is 5.67. The molecule has 1 aliphatic heterocycles. The molecule has 35 heavy (non-hydrogen) atoms. The third-order valence-corrected chi connectivity index (χ3v) is 7.72. The van der Waals surface area contributed by atoms with E-state index in [1.165, 1.54) is 48.2 Å². The molecule has 1 fully saturated rings. The van der Waals surface area contributed by atoms with Gasteiger partial charge in [-0.05, 0) is 60.7 Å². The minimum atomic E-state index is 0.208. The number of rotatable bonds is 11. The zero-order chi connectivity index (χ0) is 24.7. The monoisotopic (exact) mass is 473 g/mol. The molecule has 0 aliphatic carbocycles. The summed E-state index contributed by atoms with van der Waals surface area (Å²) < 4.78 is 11.7. The topological polar surface area (TPSA) is 44.5 Å². The summed E-state index contributed by atoms with van der Waals surface area (Å²) in [5.74, 6) is 2.27. The molecule has 3 aromatic rings. The van der Waals surface area contributed by atoms with Crippen LogP contribution in [0.4, 0.5) is 0 Å². The molecule has 2 atom stereocenters. The van der Waals surface area contributed by atoms with Crippen LogP contribution >= 0.6 is 0 Å². The molecule has 0 amide bonds. The van der Waals surface area contributed by atoms with E-state index in [-0.39, 0.29) is 6.04 Å². The quantitative estimate of drug-likeness (QED) is 0.373. The van der Waals surface area contributed by atoms with E-state index in [1.807, 2.05) is 0 Å². The summed E-state index contributed by atoms with van der Waals surface area (Å²) >= 11 is 0. The molecule has 0 saturated carbocycles. The standard InChI is InChI=1S/C31H41N2O2/c1-24-8-14-27(15-9-24)30-22-33(23-31(30)32,20-4-6-25-10-16-28(34-2)17-11-25)21-5-7-26-12-18-29(35-3)19-13-26/h8-19,30-31H,4-7,20-23,32H2,1-3H3/q+1/t30-,31?/m0/s1. The third kappa shape index (κ3) is 6.65. The maximum Gasteiger partial charge on any atom is 0.118 e. The smallest absolute Gasteiger partial charge is 0.118 e. The number of nitrogens with two attached hydrogens (primary N) is 1. The first kappa shape index (κ1) is 25.3. The van der Waals surface area contributed by atoms with Crippen LogP contribution in [-0.2, 0) is 12.8 Å². The van der Waals surface area contributed by atoms with Gasteiger partial charge in [0.05, 0.1) is 52.4 Å². The average Bonchev–Trinajstić information content (AvgIpc) is 3.21. The van der Waals surface area contributed by atoms with E-state index in [2.05, 4.69) is 79.7 Å². The molecule has 1 unspecified atom stereocenters. The second-order valence-corrected chi connectivity index (χ2v) is 10.2. The van der Waals surface area contributed by atoms with E-state index in [1.54, 1.807) is 14.2 Å². The Balaban J connectivity index is 1.42. The molecule has 3 aromatic carbocycles. The molecule has 0 aromatic heterocycles. The number of ether oxygens (including phenoxy) is 2. The first-order valence-corrected chi connectivity index (χ1v) is 12.9. The number of likely N-dealkylation sites (tertiary alicyclic amines) is 1. The average molecular weight is 474 g/mol. The van der Waals surface area contributed by atoms with Crippen LogP contribution in [0, 0.1) is 6.92 Å². The summed E-state index contributed by atoms with van der Waals surface area (Å²) in [6.07, 6.45) is 4.52. The van der Waals surface area contributed by atoms with Crippen molar-refractivity contribution in [3.05, 3.63) is 95.1 Å². The van der Waals surface area contributed by atoms with Crippen molar-refractivity contribution in [3.8, 4) is 11.5 Å². The lowest BCUT2D eigenvalue weighted by molar-refractivity contribution is -0.918. The highest BCUT2D eigenvalue weighted by Gasteiger charge is 2.43. The van der Waals surface area contributed by atoms with Crippen LogP contribution < -0.4 is 15.2 Å². The Hall–Kier alpha value is -2.82. The predicted molar refractivity (Wildman–Crippen MR) is 144 cm³/mol. The molecular formula is C31H41N2O2+. The Morgan fingerprint density at radius 1 is 0.714 bits per heavy atom. The molecule has 0 bridgehead atoms. The maximum absolute atomic E-state index is 6.81. The summed E-state index contributed by atoms with van der Waals surface area (Å²) in [6.45, 7) is 6.69. The number of aryl methyl sites for hydroxylation is 3. The Labute approximate surface area is 211 Å². The minimum Gasteiger partial charge on any atom is -0.497 e. The first-order chi connectivity index (χ1) is 17.0. The Morgan fingerprint density at radius 2 is 1.20 bits per heavy atom. The van der Waals surface area contributed by atoms with Gasteiger partial charge in [0.15, 0.2) is 0 Å². The van der Waals surface area contributed by atoms with Gasteiger partial charge in [0.25, 0.3) is 0 Å². The zero-order valence-corrected chi connectivity index (χ0v) is 21.6. The van der Waals surface area contributed by atoms with Crippen LogP contribution in [-0.4, -0.2) is 50.9 Å². The van der Waals surface area contributed by atoms with Crippen LogP contribution in [0.2, 0.25) is 0 Å². The Morgan fingerprint density at radius 3 is 1.66 bits per heavy atom. The molecule has 2 N–H and O–H groups in total. The van der Waals surface area contributed by atoms with Crippen LogP contribution in [0.3, 0.4) is 0 Å². The zero-order valence-electron chi connectivity index (χ0n) is 21.6. The summed E-state index contributed by atoms with van der Waals surface area (Å²) in [6, 6.07) is 26.3. The van der Waals surface area contributed by atoms with Crippen molar-refractivity contribution in [2.75, 3.05) is 40.4 Å². The molecule has 1 saturated heterocycles. The van der Waals surface area contributed by atoms with Crippen molar-refractivity contribution >= 4 is 0 Å². The van der Waals surface area contributed by atoms with Gasteiger partial charge in [0, 0.05) is 12.8 Å². The number of hydrogen-bond donors (Lipinski definition) is 1.